The Bertz CT molecular complexity index is 1420. The maximum absolute atomic E-state index is 13.7. The highest BCUT2D eigenvalue weighted by atomic mass is 32.2. The fourth-order valence-electron chi connectivity index (χ4n) is 5.48. The minimum Gasteiger partial charge on any atom is -0.299 e. The highest BCUT2D eigenvalue weighted by Gasteiger charge is 2.45. The van der Waals surface area contributed by atoms with E-state index in [0.29, 0.717) is 43.7 Å². The van der Waals surface area contributed by atoms with Crippen LogP contribution in [0.3, 0.4) is 0 Å². The smallest absolute Gasteiger partial charge is 0.243 e. The molecule has 1 fully saturated rings. The lowest BCUT2D eigenvalue weighted by molar-refractivity contribution is -0.120. The van der Waals surface area contributed by atoms with Crippen LogP contribution in [0.1, 0.15) is 51.2 Å². The third-order valence-corrected chi connectivity index (χ3v) is 9.55. The number of Topliss-reactive ketones (excluding diaryl/α,β-unsaturated/α-hetero) is 1. The standard InChI is InChI=1S/C30H33N3O3S/c1-29(2,3)25-8-10-28(11-9-25)37(35,36)33-15-13-26-16-27(34)12-14-30(26,20-33)17-22-4-6-23(7-5-22)24-18-31-21-32-19-24/h4-11,13,18-19,21H,12,14-17,20H2,1-3H3. The second kappa shape index (κ2) is 9.62. The zero-order valence-corrected chi connectivity index (χ0v) is 22.5. The van der Waals surface area contributed by atoms with E-state index >= 15 is 0 Å². The lowest BCUT2D eigenvalue weighted by Gasteiger charge is -2.45. The fourth-order valence-corrected chi connectivity index (χ4v) is 6.95. The van der Waals surface area contributed by atoms with E-state index in [0.717, 1.165) is 27.8 Å². The second-order valence-corrected chi connectivity index (χ2v) is 13.2. The highest BCUT2D eigenvalue weighted by molar-refractivity contribution is 7.89. The number of sulfonamides is 1. The van der Waals surface area contributed by atoms with Gasteiger partial charge in [-0.05, 0) is 47.1 Å². The summed E-state index contributed by atoms with van der Waals surface area (Å²) in [6.45, 7) is 7.01. The largest absolute Gasteiger partial charge is 0.299 e. The first-order chi connectivity index (χ1) is 17.6. The van der Waals surface area contributed by atoms with E-state index in [1.165, 1.54) is 6.33 Å². The van der Waals surface area contributed by atoms with Crippen LogP contribution in [-0.2, 0) is 26.7 Å². The van der Waals surface area contributed by atoms with Gasteiger partial charge in [-0.3, -0.25) is 4.79 Å². The average Bonchev–Trinajstić information content (AvgIpc) is 2.89. The van der Waals surface area contributed by atoms with Gasteiger partial charge in [-0.25, -0.2) is 18.4 Å². The molecule has 0 radical (unpaired) electrons. The Balaban J connectivity index is 1.43. The maximum atomic E-state index is 13.7. The summed E-state index contributed by atoms with van der Waals surface area (Å²) in [5.74, 6) is 0.232. The molecule has 6 nitrogen and oxygen atoms in total. The molecule has 2 aromatic carbocycles. The third-order valence-electron chi connectivity index (χ3n) is 7.72. The topological polar surface area (TPSA) is 80.2 Å². The molecule has 37 heavy (non-hydrogen) atoms. The molecule has 0 spiro atoms. The van der Waals surface area contributed by atoms with Crippen LogP contribution in [-0.4, -0.2) is 41.6 Å². The van der Waals surface area contributed by atoms with Crippen LogP contribution < -0.4 is 0 Å². The van der Waals surface area contributed by atoms with Crippen molar-refractivity contribution in [2.24, 2.45) is 5.41 Å². The van der Waals surface area contributed by atoms with Crippen molar-refractivity contribution >= 4 is 15.8 Å². The van der Waals surface area contributed by atoms with Crippen molar-refractivity contribution in [3.63, 3.8) is 0 Å². The summed E-state index contributed by atoms with van der Waals surface area (Å²) in [5.41, 5.74) is 4.84. The van der Waals surface area contributed by atoms with Gasteiger partial charge in [0, 0.05) is 49.3 Å². The van der Waals surface area contributed by atoms with Crippen molar-refractivity contribution in [3.05, 3.63) is 90.0 Å². The second-order valence-electron chi connectivity index (χ2n) is 11.3. The van der Waals surface area contributed by atoms with Crippen LogP contribution in [0.5, 0.6) is 0 Å². The van der Waals surface area contributed by atoms with Crippen molar-refractivity contribution in [1.82, 2.24) is 14.3 Å². The molecule has 5 rings (SSSR count). The summed E-state index contributed by atoms with van der Waals surface area (Å²) < 4.78 is 29.0. The minimum atomic E-state index is -3.67. The van der Waals surface area contributed by atoms with E-state index in [-0.39, 0.29) is 16.6 Å². The van der Waals surface area contributed by atoms with E-state index < -0.39 is 10.0 Å². The van der Waals surface area contributed by atoms with Gasteiger partial charge in [0.25, 0.3) is 0 Å². The van der Waals surface area contributed by atoms with Gasteiger partial charge >= 0.3 is 0 Å². The van der Waals surface area contributed by atoms with Gasteiger partial charge in [0.2, 0.25) is 10.0 Å². The average molecular weight is 516 g/mol. The summed E-state index contributed by atoms with van der Waals surface area (Å²) in [4.78, 5) is 20.9. The van der Waals surface area contributed by atoms with E-state index in [9.17, 15) is 13.2 Å². The Morgan fingerprint density at radius 1 is 0.946 bits per heavy atom. The number of ketones is 1. The number of carbonyl (C=O) groups excluding carboxylic acids is 1. The molecule has 1 aromatic heterocycles. The lowest BCUT2D eigenvalue weighted by Crippen LogP contribution is -2.49. The minimum absolute atomic E-state index is 0.0488. The van der Waals surface area contributed by atoms with E-state index in [1.807, 2.05) is 18.2 Å². The Labute approximate surface area is 219 Å². The molecule has 0 saturated heterocycles. The van der Waals surface area contributed by atoms with E-state index in [4.69, 9.17) is 0 Å². The molecule has 3 aromatic rings. The van der Waals surface area contributed by atoms with Crippen LogP contribution in [0.15, 0.2) is 83.8 Å². The monoisotopic (exact) mass is 515 g/mol. The molecule has 1 atom stereocenters. The first-order valence-electron chi connectivity index (χ1n) is 12.7. The predicted octanol–water partition coefficient (Wildman–Crippen LogP) is 5.35. The third kappa shape index (κ3) is 5.15. The Morgan fingerprint density at radius 3 is 2.27 bits per heavy atom. The first kappa shape index (κ1) is 25.5. The molecule has 7 heteroatoms. The van der Waals surface area contributed by atoms with Gasteiger partial charge < -0.3 is 0 Å². The van der Waals surface area contributed by atoms with Gasteiger partial charge in [-0.1, -0.05) is 68.8 Å². The molecule has 2 aliphatic rings. The van der Waals surface area contributed by atoms with Crippen LogP contribution in [0.4, 0.5) is 0 Å². The van der Waals surface area contributed by atoms with Crippen LogP contribution in [0, 0.1) is 5.41 Å². The predicted molar refractivity (Wildman–Crippen MR) is 144 cm³/mol. The molecule has 1 aliphatic heterocycles. The van der Waals surface area contributed by atoms with Crippen LogP contribution in [0.2, 0.25) is 0 Å². The number of rotatable bonds is 5. The Kier molecular flexibility index (Phi) is 6.62. The number of hydrogen-bond donors (Lipinski definition) is 0. The van der Waals surface area contributed by atoms with Crippen LogP contribution in [0.25, 0.3) is 11.1 Å². The van der Waals surface area contributed by atoms with Gasteiger partial charge in [-0.15, -0.1) is 0 Å². The molecule has 0 amide bonds. The summed E-state index contributed by atoms with van der Waals surface area (Å²) in [7, 11) is -3.67. The summed E-state index contributed by atoms with van der Waals surface area (Å²) in [6.07, 6.45) is 9.29. The molecule has 1 aliphatic carbocycles. The van der Waals surface area contributed by atoms with Crippen molar-refractivity contribution in [2.75, 3.05) is 13.1 Å². The summed E-state index contributed by atoms with van der Waals surface area (Å²) in [6, 6.07) is 15.5. The molecule has 1 saturated carbocycles. The Morgan fingerprint density at radius 2 is 1.62 bits per heavy atom. The van der Waals surface area contributed by atoms with Crippen molar-refractivity contribution in [2.45, 2.75) is 56.8 Å². The van der Waals surface area contributed by atoms with E-state index in [1.54, 1.807) is 28.8 Å². The van der Waals surface area contributed by atoms with Crippen LogP contribution >= 0.6 is 0 Å². The van der Waals surface area contributed by atoms with Gasteiger partial charge in [0.1, 0.15) is 12.1 Å². The van der Waals surface area contributed by atoms with Gasteiger partial charge in [0.15, 0.2) is 0 Å². The molecule has 2 heterocycles. The number of aromatic nitrogens is 2. The number of benzene rings is 2. The zero-order valence-electron chi connectivity index (χ0n) is 21.6. The maximum Gasteiger partial charge on any atom is 0.243 e. The lowest BCUT2D eigenvalue weighted by atomic mass is 9.65. The van der Waals surface area contributed by atoms with Gasteiger partial charge in [-0.2, -0.15) is 4.31 Å². The number of hydrogen-bond acceptors (Lipinski definition) is 5. The quantitative estimate of drug-likeness (QED) is 0.428. The number of fused-ring (bicyclic) bond motifs is 1. The van der Waals surface area contributed by atoms with Crippen molar-refractivity contribution in [1.29, 1.82) is 0 Å². The molecule has 0 bridgehead atoms. The number of carbonyl (C=O) groups is 1. The number of nitrogens with zero attached hydrogens (tertiary/aromatic N) is 3. The first-order valence-corrected chi connectivity index (χ1v) is 14.2. The van der Waals surface area contributed by atoms with Gasteiger partial charge in [0.05, 0.1) is 4.90 Å². The summed E-state index contributed by atoms with van der Waals surface area (Å²) >= 11 is 0. The SMILES string of the molecule is CC(C)(C)c1ccc(S(=O)(=O)N2CC=C3CC(=O)CCC3(Cc3ccc(-c4cncnc4)cc3)C2)cc1. The van der Waals surface area contributed by atoms with Crippen molar-refractivity contribution < 1.29 is 13.2 Å². The molecule has 1 unspecified atom stereocenters. The van der Waals surface area contributed by atoms with Crippen molar-refractivity contribution in [3.8, 4) is 11.1 Å². The Hall–Kier alpha value is -3.16. The molecular weight excluding hydrogens is 482 g/mol. The zero-order chi connectivity index (χ0) is 26.3. The van der Waals surface area contributed by atoms with E-state index in [2.05, 4.69) is 55.0 Å². The molecule has 0 N–H and O–H groups in total. The highest BCUT2D eigenvalue weighted by Crippen LogP contribution is 2.46. The normalized spacial score (nSPS) is 20.8. The molecule has 192 valence electrons. The molecular formula is C30H33N3O3S. The summed E-state index contributed by atoms with van der Waals surface area (Å²) in [5, 5.41) is 0. The fraction of sp³-hybridized carbons (Fsp3) is 0.367.